The third kappa shape index (κ3) is 3.04. The highest BCUT2D eigenvalue weighted by Gasteiger charge is 2.25. The summed E-state index contributed by atoms with van der Waals surface area (Å²) in [7, 11) is -2.28. The lowest BCUT2D eigenvalue weighted by atomic mass is 10.2. The van der Waals surface area contributed by atoms with Crippen molar-refractivity contribution in [2.24, 2.45) is 0 Å². The van der Waals surface area contributed by atoms with Gasteiger partial charge in [0.05, 0.1) is 10.7 Å². The quantitative estimate of drug-likeness (QED) is 0.870. The molecule has 1 heterocycles. The summed E-state index contributed by atoms with van der Waals surface area (Å²) in [6.07, 6.45) is 0. The number of hydrogen-bond donors (Lipinski definition) is 1. The standard InChI is InChI=1S/C13H16ClN3O3S/c1-8-11(9(2)20-16-8)7-17(3)21(18,19)13-6-10(15)4-5-12(13)14/h4-6H,7,15H2,1-3H3. The molecule has 6 nitrogen and oxygen atoms in total. The second kappa shape index (κ2) is 5.67. The Hall–Kier alpha value is -1.57. The van der Waals surface area contributed by atoms with Crippen LogP contribution in [0.15, 0.2) is 27.6 Å². The van der Waals surface area contributed by atoms with Crippen molar-refractivity contribution in [3.05, 3.63) is 40.2 Å². The Labute approximate surface area is 128 Å². The molecular formula is C13H16ClN3O3S. The monoisotopic (exact) mass is 329 g/mol. The van der Waals surface area contributed by atoms with Gasteiger partial charge in [-0.25, -0.2) is 8.42 Å². The maximum atomic E-state index is 12.6. The van der Waals surface area contributed by atoms with E-state index >= 15 is 0 Å². The minimum Gasteiger partial charge on any atom is -0.399 e. The molecule has 2 rings (SSSR count). The van der Waals surface area contributed by atoms with Gasteiger partial charge >= 0.3 is 0 Å². The van der Waals surface area contributed by atoms with E-state index in [0.717, 1.165) is 5.56 Å². The largest absolute Gasteiger partial charge is 0.399 e. The van der Waals surface area contributed by atoms with Gasteiger partial charge in [-0.3, -0.25) is 0 Å². The highest BCUT2D eigenvalue weighted by molar-refractivity contribution is 7.89. The van der Waals surface area contributed by atoms with Crippen LogP contribution in [0.2, 0.25) is 5.02 Å². The van der Waals surface area contributed by atoms with Crippen molar-refractivity contribution >= 4 is 27.3 Å². The molecule has 0 aliphatic carbocycles. The number of nitrogen functional groups attached to an aromatic ring is 1. The first kappa shape index (κ1) is 15.8. The number of rotatable bonds is 4. The Morgan fingerprint density at radius 3 is 2.62 bits per heavy atom. The molecule has 0 fully saturated rings. The number of nitrogens with two attached hydrogens (primary N) is 1. The van der Waals surface area contributed by atoms with Crippen molar-refractivity contribution < 1.29 is 12.9 Å². The number of aryl methyl sites for hydroxylation is 2. The molecule has 2 aromatic rings. The molecule has 2 N–H and O–H groups in total. The average molecular weight is 330 g/mol. The van der Waals surface area contributed by atoms with Crippen LogP contribution in [-0.4, -0.2) is 24.9 Å². The maximum absolute atomic E-state index is 12.6. The van der Waals surface area contributed by atoms with Gasteiger partial charge in [-0.15, -0.1) is 0 Å². The number of hydrogen-bond acceptors (Lipinski definition) is 5. The first-order valence-electron chi connectivity index (χ1n) is 6.16. The molecule has 0 unspecified atom stereocenters. The van der Waals surface area contributed by atoms with Gasteiger partial charge in [0.2, 0.25) is 10.0 Å². The predicted octanol–water partition coefficient (Wildman–Crippen LogP) is 2.35. The molecule has 114 valence electrons. The van der Waals surface area contributed by atoms with Crippen LogP contribution in [0.5, 0.6) is 0 Å². The van der Waals surface area contributed by atoms with E-state index in [-0.39, 0.29) is 16.5 Å². The average Bonchev–Trinajstić information content (AvgIpc) is 2.73. The number of nitrogens with zero attached hydrogens (tertiary/aromatic N) is 2. The molecule has 8 heteroatoms. The zero-order valence-electron chi connectivity index (χ0n) is 11.9. The summed E-state index contributed by atoms with van der Waals surface area (Å²) in [4.78, 5) is -0.0153. The summed E-state index contributed by atoms with van der Waals surface area (Å²) in [5.74, 6) is 0.591. The van der Waals surface area contributed by atoms with Gasteiger partial charge in [0.25, 0.3) is 0 Å². The molecule has 0 atom stereocenters. The van der Waals surface area contributed by atoms with Crippen LogP contribution in [0.1, 0.15) is 17.0 Å². The Morgan fingerprint density at radius 1 is 1.38 bits per heavy atom. The highest BCUT2D eigenvalue weighted by atomic mass is 35.5. The van der Waals surface area contributed by atoms with Crippen molar-refractivity contribution in [3.8, 4) is 0 Å². The van der Waals surface area contributed by atoms with Gasteiger partial charge in [0.1, 0.15) is 10.7 Å². The molecular weight excluding hydrogens is 314 g/mol. The van der Waals surface area contributed by atoms with Gasteiger partial charge in [-0.05, 0) is 32.0 Å². The third-order valence-corrected chi connectivity index (χ3v) is 5.49. The third-order valence-electron chi connectivity index (χ3n) is 3.21. The van der Waals surface area contributed by atoms with E-state index in [9.17, 15) is 8.42 Å². The highest BCUT2D eigenvalue weighted by Crippen LogP contribution is 2.27. The summed E-state index contributed by atoms with van der Waals surface area (Å²) < 4.78 is 31.4. The maximum Gasteiger partial charge on any atom is 0.244 e. The summed E-state index contributed by atoms with van der Waals surface area (Å²) in [6.45, 7) is 3.65. The van der Waals surface area contributed by atoms with E-state index in [1.165, 1.54) is 23.5 Å². The van der Waals surface area contributed by atoms with Crippen molar-refractivity contribution in [3.63, 3.8) is 0 Å². The Balaban J connectivity index is 2.37. The number of aromatic nitrogens is 1. The van der Waals surface area contributed by atoms with Crippen molar-refractivity contribution in [1.29, 1.82) is 0 Å². The van der Waals surface area contributed by atoms with Crippen LogP contribution in [0, 0.1) is 13.8 Å². The van der Waals surface area contributed by atoms with Crippen LogP contribution in [-0.2, 0) is 16.6 Å². The lowest BCUT2D eigenvalue weighted by molar-refractivity contribution is 0.390. The van der Waals surface area contributed by atoms with Crippen LogP contribution < -0.4 is 5.73 Å². The molecule has 0 saturated heterocycles. The first-order chi connectivity index (χ1) is 9.73. The summed E-state index contributed by atoms with van der Waals surface area (Å²) in [6, 6.07) is 4.37. The Kier molecular flexibility index (Phi) is 4.27. The summed E-state index contributed by atoms with van der Waals surface area (Å²) >= 11 is 5.98. The molecule has 0 radical (unpaired) electrons. The van der Waals surface area contributed by atoms with E-state index in [1.807, 2.05) is 0 Å². The number of sulfonamides is 1. The van der Waals surface area contributed by atoms with Gasteiger partial charge < -0.3 is 10.3 Å². The second-order valence-electron chi connectivity index (χ2n) is 4.75. The minimum atomic E-state index is -3.75. The lowest BCUT2D eigenvalue weighted by Crippen LogP contribution is -2.27. The molecule has 1 aromatic carbocycles. The van der Waals surface area contributed by atoms with Crippen LogP contribution in [0.3, 0.4) is 0 Å². The van der Waals surface area contributed by atoms with Gasteiger partial charge in [0.15, 0.2) is 0 Å². The van der Waals surface area contributed by atoms with Crippen LogP contribution >= 0.6 is 11.6 Å². The molecule has 0 bridgehead atoms. The van der Waals surface area contributed by atoms with Crippen molar-refractivity contribution in [2.75, 3.05) is 12.8 Å². The topological polar surface area (TPSA) is 89.4 Å². The molecule has 21 heavy (non-hydrogen) atoms. The SMILES string of the molecule is Cc1noc(C)c1CN(C)S(=O)(=O)c1cc(N)ccc1Cl. The number of benzene rings is 1. The van der Waals surface area contributed by atoms with E-state index in [2.05, 4.69) is 5.16 Å². The molecule has 1 aromatic heterocycles. The summed E-state index contributed by atoms with van der Waals surface area (Å²) in [5.41, 5.74) is 7.38. The Morgan fingerprint density at radius 2 is 2.05 bits per heavy atom. The van der Waals surface area contributed by atoms with Gasteiger partial charge in [-0.2, -0.15) is 4.31 Å². The van der Waals surface area contributed by atoms with E-state index < -0.39 is 10.0 Å². The normalized spacial score (nSPS) is 12.0. The second-order valence-corrected chi connectivity index (χ2v) is 7.17. The van der Waals surface area contributed by atoms with E-state index in [1.54, 1.807) is 19.9 Å². The van der Waals surface area contributed by atoms with Crippen molar-refractivity contribution in [1.82, 2.24) is 9.46 Å². The van der Waals surface area contributed by atoms with Crippen LogP contribution in [0.4, 0.5) is 5.69 Å². The first-order valence-corrected chi connectivity index (χ1v) is 7.98. The fourth-order valence-corrected chi connectivity index (χ4v) is 3.57. The van der Waals surface area contributed by atoms with Crippen molar-refractivity contribution in [2.45, 2.75) is 25.3 Å². The molecule has 0 spiro atoms. The predicted molar refractivity (Wildman–Crippen MR) is 80.5 cm³/mol. The van der Waals surface area contributed by atoms with E-state index in [0.29, 0.717) is 17.1 Å². The zero-order valence-corrected chi connectivity index (χ0v) is 13.5. The Bertz CT molecular complexity index is 751. The molecule has 0 aliphatic heterocycles. The van der Waals surface area contributed by atoms with E-state index in [4.69, 9.17) is 21.9 Å². The van der Waals surface area contributed by atoms with Gasteiger partial charge in [-0.1, -0.05) is 16.8 Å². The zero-order chi connectivity index (χ0) is 15.8. The number of anilines is 1. The van der Waals surface area contributed by atoms with Gasteiger partial charge in [0, 0.05) is 24.8 Å². The van der Waals surface area contributed by atoms with Crippen LogP contribution in [0.25, 0.3) is 0 Å². The molecule has 0 aliphatic rings. The fraction of sp³-hybridized carbons (Fsp3) is 0.308. The minimum absolute atomic E-state index is 0.0153. The smallest absolute Gasteiger partial charge is 0.244 e. The molecule has 0 saturated carbocycles. The molecule has 0 amide bonds. The number of halogens is 1. The lowest BCUT2D eigenvalue weighted by Gasteiger charge is -2.18. The summed E-state index contributed by atoms with van der Waals surface area (Å²) in [5, 5.41) is 3.95. The fourth-order valence-electron chi connectivity index (χ4n) is 1.92.